The lowest BCUT2D eigenvalue weighted by Crippen LogP contribution is -2.38. The summed E-state index contributed by atoms with van der Waals surface area (Å²) in [5, 5.41) is 0. The Bertz CT molecular complexity index is 716. The molecule has 0 unspecified atom stereocenters. The molecule has 2 aromatic rings. The van der Waals surface area contributed by atoms with E-state index in [1.165, 1.54) is 0 Å². The van der Waals surface area contributed by atoms with Crippen LogP contribution in [0, 0.1) is 0 Å². The molecule has 5 nitrogen and oxygen atoms in total. The number of aromatic nitrogens is 2. The Morgan fingerprint density at radius 3 is 2.48 bits per heavy atom. The highest BCUT2D eigenvalue weighted by Gasteiger charge is 2.25. The lowest BCUT2D eigenvalue weighted by Gasteiger charge is -2.31. The van der Waals surface area contributed by atoms with Crippen LogP contribution in [0.2, 0.25) is 0 Å². The van der Waals surface area contributed by atoms with E-state index in [1.807, 2.05) is 54.7 Å². The average Bonchev–Trinajstić information content (AvgIpc) is 3.08. The zero-order valence-electron chi connectivity index (χ0n) is 14.7. The van der Waals surface area contributed by atoms with E-state index >= 15 is 0 Å². The molecule has 1 saturated heterocycles. The number of hydrogen-bond acceptors (Lipinski definition) is 3. The predicted octanol–water partition coefficient (Wildman–Crippen LogP) is 3.18. The minimum atomic E-state index is 0.113. The van der Waals surface area contributed by atoms with Crippen molar-refractivity contribution in [2.45, 2.75) is 38.0 Å². The second-order valence-electron chi connectivity index (χ2n) is 6.69. The van der Waals surface area contributed by atoms with Crippen molar-refractivity contribution in [1.29, 1.82) is 0 Å². The summed E-state index contributed by atoms with van der Waals surface area (Å²) >= 11 is 0. The molecule has 1 fully saturated rings. The van der Waals surface area contributed by atoms with Crippen LogP contribution in [0.1, 0.15) is 54.2 Å². The molecule has 132 valence electrons. The molecule has 0 radical (unpaired) electrons. The van der Waals surface area contributed by atoms with Gasteiger partial charge in [0.1, 0.15) is 5.82 Å². The summed E-state index contributed by atoms with van der Waals surface area (Å²) in [4.78, 5) is 30.8. The Hall–Kier alpha value is -2.43. The molecule has 1 aliphatic rings. The number of carbonyl (C=O) groups is 2. The predicted molar refractivity (Wildman–Crippen MR) is 96.4 cm³/mol. The first-order chi connectivity index (χ1) is 12.1. The van der Waals surface area contributed by atoms with E-state index in [0.717, 1.165) is 37.3 Å². The number of ketones is 1. The highest BCUT2D eigenvalue weighted by atomic mass is 16.2. The van der Waals surface area contributed by atoms with Crippen LogP contribution in [0.15, 0.2) is 42.7 Å². The molecule has 1 aromatic carbocycles. The molecule has 1 aliphatic heterocycles. The Labute approximate surface area is 148 Å². The standard InChI is InChI=1S/C20H25N3O2/c1-22-15-12-21-20(22)17-10-13-23(14-11-17)19(25)9-5-8-18(24)16-6-3-2-4-7-16/h2-4,6-7,12,15,17H,5,8-11,13-14H2,1H3. The molecule has 1 aromatic heterocycles. The van der Waals surface area contributed by atoms with E-state index in [4.69, 9.17) is 0 Å². The van der Waals surface area contributed by atoms with Crippen molar-refractivity contribution in [3.8, 4) is 0 Å². The first-order valence-electron chi connectivity index (χ1n) is 8.98. The van der Waals surface area contributed by atoms with Crippen molar-refractivity contribution in [2.24, 2.45) is 7.05 Å². The first-order valence-corrected chi connectivity index (χ1v) is 8.98. The van der Waals surface area contributed by atoms with Gasteiger partial charge in [0.15, 0.2) is 5.78 Å². The lowest BCUT2D eigenvalue weighted by molar-refractivity contribution is -0.132. The monoisotopic (exact) mass is 339 g/mol. The number of benzene rings is 1. The second kappa shape index (κ2) is 8.10. The van der Waals surface area contributed by atoms with E-state index < -0.39 is 0 Å². The third kappa shape index (κ3) is 4.35. The highest BCUT2D eigenvalue weighted by Crippen LogP contribution is 2.26. The molecule has 2 heterocycles. The zero-order chi connectivity index (χ0) is 17.6. The molecule has 0 spiro atoms. The summed E-state index contributed by atoms with van der Waals surface area (Å²) in [7, 11) is 2.02. The fraction of sp³-hybridized carbons (Fsp3) is 0.450. The van der Waals surface area contributed by atoms with Crippen LogP contribution in [-0.2, 0) is 11.8 Å². The minimum absolute atomic E-state index is 0.113. The van der Waals surface area contributed by atoms with Gasteiger partial charge in [-0.05, 0) is 19.3 Å². The SMILES string of the molecule is Cn1ccnc1C1CCN(C(=O)CCCC(=O)c2ccccc2)CC1. The smallest absolute Gasteiger partial charge is 0.222 e. The highest BCUT2D eigenvalue weighted by molar-refractivity contribution is 5.96. The quantitative estimate of drug-likeness (QED) is 0.760. The number of rotatable bonds is 6. The van der Waals surface area contributed by atoms with Crippen molar-refractivity contribution >= 4 is 11.7 Å². The molecule has 0 aliphatic carbocycles. The summed E-state index contributed by atoms with van der Waals surface area (Å²) < 4.78 is 2.07. The van der Waals surface area contributed by atoms with Gasteiger partial charge in [-0.2, -0.15) is 0 Å². The molecule has 0 N–H and O–H groups in total. The van der Waals surface area contributed by atoms with Crippen LogP contribution >= 0.6 is 0 Å². The summed E-state index contributed by atoms with van der Waals surface area (Å²) in [6, 6.07) is 9.28. The summed E-state index contributed by atoms with van der Waals surface area (Å²) in [5.41, 5.74) is 0.728. The third-order valence-electron chi connectivity index (χ3n) is 4.96. The molecule has 0 saturated carbocycles. The zero-order valence-corrected chi connectivity index (χ0v) is 14.7. The largest absolute Gasteiger partial charge is 0.343 e. The fourth-order valence-corrected chi connectivity index (χ4v) is 3.48. The normalized spacial score (nSPS) is 15.3. The van der Waals surface area contributed by atoms with Crippen molar-refractivity contribution in [3.63, 3.8) is 0 Å². The maximum absolute atomic E-state index is 12.4. The van der Waals surface area contributed by atoms with Gasteiger partial charge in [0.05, 0.1) is 0 Å². The van der Waals surface area contributed by atoms with Gasteiger partial charge in [-0.3, -0.25) is 9.59 Å². The molecule has 5 heteroatoms. The topological polar surface area (TPSA) is 55.2 Å². The van der Waals surface area contributed by atoms with E-state index in [9.17, 15) is 9.59 Å². The number of hydrogen-bond donors (Lipinski definition) is 0. The second-order valence-corrected chi connectivity index (χ2v) is 6.69. The van der Waals surface area contributed by atoms with Gasteiger partial charge in [0.25, 0.3) is 0 Å². The summed E-state index contributed by atoms with van der Waals surface area (Å²) in [6.07, 6.45) is 7.21. The summed E-state index contributed by atoms with van der Waals surface area (Å²) in [6.45, 7) is 1.56. The van der Waals surface area contributed by atoms with Gasteiger partial charge >= 0.3 is 0 Å². The molecule has 0 bridgehead atoms. The van der Waals surface area contributed by atoms with Crippen LogP contribution in [0.25, 0.3) is 0 Å². The molecular formula is C20H25N3O2. The van der Waals surface area contributed by atoms with Gasteiger partial charge < -0.3 is 9.47 Å². The maximum atomic E-state index is 12.4. The van der Waals surface area contributed by atoms with Gasteiger partial charge in [-0.15, -0.1) is 0 Å². The number of likely N-dealkylation sites (tertiary alicyclic amines) is 1. The number of imidazole rings is 1. The molecular weight excluding hydrogens is 314 g/mol. The van der Waals surface area contributed by atoms with Crippen molar-refractivity contribution in [3.05, 3.63) is 54.1 Å². The van der Waals surface area contributed by atoms with Gasteiger partial charge in [0, 0.05) is 56.9 Å². The Morgan fingerprint density at radius 2 is 1.84 bits per heavy atom. The van der Waals surface area contributed by atoms with Crippen LogP contribution in [0.3, 0.4) is 0 Å². The average molecular weight is 339 g/mol. The van der Waals surface area contributed by atoms with Crippen LogP contribution in [0.4, 0.5) is 0 Å². The van der Waals surface area contributed by atoms with Crippen molar-refractivity contribution in [2.75, 3.05) is 13.1 Å². The third-order valence-corrected chi connectivity index (χ3v) is 4.96. The fourth-order valence-electron chi connectivity index (χ4n) is 3.48. The van der Waals surface area contributed by atoms with Crippen molar-refractivity contribution in [1.82, 2.24) is 14.5 Å². The molecule has 1 amide bonds. The number of nitrogens with zero attached hydrogens (tertiary/aromatic N) is 3. The molecule has 25 heavy (non-hydrogen) atoms. The van der Waals surface area contributed by atoms with Gasteiger partial charge in [-0.1, -0.05) is 30.3 Å². The van der Waals surface area contributed by atoms with E-state index in [2.05, 4.69) is 9.55 Å². The van der Waals surface area contributed by atoms with Crippen LogP contribution in [-0.4, -0.2) is 39.2 Å². The van der Waals surface area contributed by atoms with Crippen LogP contribution in [0.5, 0.6) is 0 Å². The molecule has 0 atom stereocenters. The number of aryl methyl sites for hydroxylation is 1. The Kier molecular flexibility index (Phi) is 5.64. The summed E-state index contributed by atoms with van der Waals surface area (Å²) in [5.74, 6) is 1.82. The van der Waals surface area contributed by atoms with Gasteiger partial charge in [-0.25, -0.2) is 4.98 Å². The number of carbonyl (C=O) groups excluding carboxylic acids is 2. The maximum Gasteiger partial charge on any atom is 0.222 e. The molecule has 3 rings (SSSR count). The van der Waals surface area contributed by atoms with E-state index in [0.29, 0.717) is 25.2 Å². The Morgan fingerprint density at radius 1 is 1.12 bits per heavy atom. The lowest BCUT2D eigenvalue weighted by atomic mass is 9.95. The number of piperidine rings is 1. The number of Topliss-reactive ketones (excluding diaryl/α,β-unsaturated/α-hetero) is 1. The van der Waals surface area contributed by atoms with Crippen molar-refractivity contribution < 1.29 is 9.59 Å². The van der Waals surface area contributed by atoms with Crippen LogP contribution < -0.4 is 0 Å². The van der Waals surface area contributed by atoms with E-state index in [-0.39, 0.29) is 11.7 Å². The number of amides is 1. The Balaban J connectivity index is 1.41. The minimum Gasteiger partial charge on any atom is -0.343 e. The van der Waals surface area contributed by atoms with E-state index in [1.54, 1.807) is 0 Å². The van der Waals surface area contributed by atoms with Gasteiger partial charge in [0.2, 0.25) is 5.91 Å². The first kappa shape index (κ1) is 17.4.